The monoisotopic (exact) mass is 929 g/mol. The Morgan fingerprint density at radius 1 is 0.879 bits per heavy atom. The SMILES string of the molecule is CCN(C)S(=O)(=O)Nc1ccc(F)c(C(=O)c2ccc3ncn(-c4cnc(N5CCN(C(=O)CN6CCC(c7ccc(N[C@@H]8CCC(=O)NC8=O)cc7F)CC6)CC5)nc4)c(=O)c3c2)c1F. The van der Waals surface area contributed by atoms with Crippen molar-refractivity contribution in [1.29, 1.82) is 0 Å². The molecule has 3 N–H and O–H groups in total. The second-order valence-electron chi connectivity index (χ2n) is 16.3. The van der Waals surface area contributed by atoms with E-state index >= 15 is 8.78 Å². The molecule has 0 bridgehead atoms. The summed E-state index contributed by atoms with van der Waals surface area (Å²) in [6.45, 7) is 4.91. The molecule has 0 aliphatic carbocycles. The molecule has 0 unspecified atom stereocenters. The van der Waals surface area contributed by atoms with Crippen molar-refractivity contribution >= 4 is 61.9 Å². The molecule has 5 aromatic rings. The molecule has 3 aliphatic rings. The molecule has 3 saturated heterocycles. The molecule has 5 heterocycles. The number of halogens is 3. The van der Waals surface area contributed by atoms with Gasteiger partial charge in [0.15, 0.2) is 11.6 Å². The number of benzene rings is 3. The molecule has 66 heavy (non-hydrogen) atoms. The fourth-order valence-electron chi connectivity index (χ4n) is 8.25. The van der Waals surface area contributed by atoms with Gasteiger partial charge in [0.25, 0.3) is 5.56 Å². The van der Waals surface area contributed by atoms with Crippen molar-refractivity contribution in [2.24, 2.45) is 0 Å². The lowest BCUT2D eigenvalue weighted by Gasteiger charge is -2.37. The maximum Gasteiger partial charge on any atom is 0.301 e. The van der Waals surface area contributed by atoms with E-state index in [2.05, 4.69) is 30.5 Å². The van der Waals surface area contributed by atoms with Crippen LogP contribution in [0.25, 0.3) is 16.6 Å². The zero-order valence-electron chi connectivity index (χ0n) is 36.0. The maximum atomic E-state index is 15.5. The number of hydrogen-bond acceptors (Lipinski definition) is 13. The third-order valence-corrected chi connectivity index (χ3v) is 13.8. The first-order valence-corrected chi connectivity index (χ1v) is 22.8. The number of piperazine rings is 1. The number of fused-ring (bicyclic) bond motifs is 1. The van der Waals surface area contributed by atoms with Crippen LogP contribution in [-0.2, 0) is 24.6 Å². The van der Waals surface area contributed by atoms with E-state index in [9.17, 15) is 36.8 Å². The van der Waals surface area contributed by atoms with E-state index in [-0.39, 0.29) is 65.2 Å². The quantitative estimate of drug-likeness (QED) is 0.115. The van der Waals surface area contributed by atoms with Crippen molar-refractivity contribution in [3.05, 3.63) is 112 Å². The molecular weight excluding hydrogens is 884 g/mol. The molecule has 8 rings (SSSR count). The predicted octanol–water partition coefficient (Wildman–Crippen LogP) is 3.18. The van der Waals surface area contributed by atoms with Crippen LogP contribution < -0.4 is 25.8 Å². The summed E-state index contributed by atoms with van der Waals surface area (Å²) < 4.78 is 74.8. The lowest BCUT2D eigenvalue weighted by molar-refractivity contribution is -0.134. The smallest absolute Gasteiger partial charge is 0.301 e. The van der Waals surface area contributed by atoms with Crippen LogP contribution >= 0.6 is 0 Å². The Balaban J connectivity index is 0.850. The molecular formula is C44H46F3N11O7S. The van der Waals surface area contributed by atoms with E-state index in [0.29, 0.717) is 75.7 Å². The third kappa shape index (κ3) is 9.60. The Bertz CT molecular complexity index is 2890. The summed E-state index contributed by atoms with van der Waals surface area (Å²) in [7, 11) is -2.93. The van der Waals surface area contributed by atoms with Crippen LogP contribution in [0.15, 0.2) is 72.0 Å². The Morgan fingerprint density at radius 2 is 1.61 bits per heavy atom. The van der Waals surface area contributed by atoms with E-state index in [0.717, 1.165) is 27.1 Å². The molecule has 22 heteroatoms. The van der Waals surface area contributed by atoms with Crippen LogP contribution in [0.2, 0.25) is 0 Å². The lowest BCUT2D eigenvalue weighted by Crippen LogP contribution is -2.52. The van der Waals surface area contributed by atoms with Crippen LogP contribution in [0.3, 0.4) is 0 Å². The van der Waals surface area contributed by atoms with Gasteiger partial charge in [0.05, 0.1) is 46.8 Å². The van der Waals surface area contributed by atoms with Gasteiger partial charge < -0.3 is 15.1 Å². The highest BCUT2D eigenvalue weighted by Gasteiger charge is 2.30. The Hall–Kier alpha value is -6.78. The van der Waals surface area contributed by atoms with Crippen molar-refractivity contribution in [3.8, 4) is 5.69 Å². The van der Waals surface area contributed by atoms with Gasteiger partial charge in [-0.15, -0.1) is 0 Å². The Morgan fingerprint density at radius 3 is 2.29 bits per heavy atom. The average Bonchev–Trinajstić information content (AvgIpc) is 3.31. The van der Waals surface area contributed by atoms with Crippen molar-refractivity contribution in [3.63, 3.8) is 0 Å². The number of amides is 3. The van der Waals surface area contributed by atoms with Gasteiger partial charge >= 0.3 is 10.2 Å². The second-order valence-corrected chi connectivity index (χ2v) is 18.1. The molecule has 0 saturated carbocycles. The molecule has 18 nitrogen and oxygen atoms in total. The summed E-state index contributed by atoms with van der Waals surface area (Å²) in [5.41, 5.74) is -0.977. The number of hydrogen-bond donors (Lipinski definition) is 3. The van der Waals surface area contributed by atoms with Gasteiger partial charge in [-0.05, 0) is 86.3 Å². The first kappa shape index (κ1) is 45.8. The minimum Gasteiger partial charge on any atom is -0.374 e. The van der Waals surface area contributed by atoms with E-state index in [1.165, 1.54) is 44.0 Å². The van der Waals surface area contributed by atoms with Crippen LogP contribution in [0.1, 0.15) is 60.0 Å². The summed E-state index contributed by atoms with van der Waals surface area (Å²) in [5.74, 6) is -4.53. The number of carbonyl (C=O) groups is 4. The van der Waals surface area contributed by atoms with Crippen molar-refractivity contribution in [1.82, 2.24) is 38.9 Å². The van der Waals surface area contributed by atoms with Gasteiger partial charge in [-0.1, -0.05) is 13.0 Å². The fraction of sp³-hybridized carbons (Fsp3) is 0.364. The zero-order chi connectivity index (χ0) is 46.9. The molecule has 346 valence electrons. The molecule has 1 atom stereocenters. The molecule has 3 aromatic carbocycles. The third-order valence-electron chi connectivity index (χ3n) is 12.2. The molecule has 2 aromatic heterocycles. The van der Waals surface area contributed by atoms with Gasteiger partial charge in [-0.25, -0.2) is 28.1 Å². The number of anilines is 3. The summed E-state index contributed by atoms with van der Waals surface area (Å²) in [4.78, 5) is 83.1. The number of ketones is 1. The van der Waals surface area contributed by atoms with Crippen LogP contribution in [0.5, 0.6) is 0 Å². The highest BCUT2D eigenvalue weighted by Crippen LogP contribution is 2.32. The Labute approximate surface area is 377 Å². The topological polar surface area (TPSA) is 212 Å². The van der Waals surface area contributed by atoms with Gasteiger partial charge in [0.2, 0.25) is 23.7 Å². The lowest BCUT2D eigenvalue weighted by atomic mass is 9.89. The average molecular weight is 930 g/mol. The van der Waals surface area contributed by atoms with E-state index in [1.54, 1.807) is 24.0 Å². The number of rotatable bonds is 13. The number of likely N-dealkylation sites (tertiary alicyclic amines) is 1. The fourth-order valence-corrected chi connectivity index (χ4v) is 9.18. The van der Waals surface area contributed by atoms with Gasteiger partial charge in [0, 0.05) is 57.4 Å². The van der Waals surface area contributed by atoms with Gasteiger partial charge in [0.1, 0.15) is 24.0 Å². The summed E-state index contributed by atoms with van der Waals surface area (Å²) in [6, 6.07) is 9.68. The van der Waals surface area contributed by atoms with Crippen molar-refractivity contribution in [2.45, 2.75) is 44.6 Å². The second kappa shape index (κ2) is 19.0. The highest BCUT2D eigenvalue weighted by molar-refractivity contribution is 7.90. The molecule has 0 spiro atoms. The minimum atomic E-state index is -4.19. The molecule has 3 amide bonds. The Kier molecular flexibility index (Phi) is 13.2. The first-order chi connectivity index (χ1) is 31.6. The van der Waals surface area contributed by atoms with Crippen molar-refractivity contribution in [2.75, 3.05) is 74.3 Å². The number of piperidine rings is 2. The van der Waals surface area contributed by atoms with Gasteiger partial charge in [-0.2, -0.15) is 12.7 Å². The predicted molar refractivity (Wildman–Crippen MR) is 237 cm³/mol. The first-order valence-electron chi connectivity index (χ1n) is 21.4. The van der Waals surface area contributed by atoms with E-state index in [4.69, 9.17) is 0 Å². The largest absolute Gasteiger partial charge is 0.374 e. The number of carbonyl (C=O) groups excluding carboxylic acids is 4. The molecule has 3 fully saturated rings. The number of aromatic nitrogens is 4. The van der Waals surface area contributed by atoms with E-state index < -0.39 is 56.4 Å². The normalized spacial score (nSPS) is 17.6. The van der Waals surface area contributed by atoms with Gasteiger partial charge in [-0.3, -0.25) is 43.5 Å². The van der Waals surface area contributed by atoms with Crippen LogP contribution in [-0.4, -0.2) is 131 Å². The summed E-state index contributed by atoms with van der Waals surface area (Å²) in [5, 5.41) is 5.26. The highest BCUT2D eigenvalue weighted by atomic mass is 32.2. The standard InChI is InChI=1S/C44H46F3N11O7S/c1-3-54(2)66(64,65)53-35-9-7-32(45)39(40(35)47)41(61)27-4-8-34-31(20-27)43(63)58(25-50-34)29-22-48-44(49-23-29)57-18-16-56(17-19-57)38(60)24-55-14-12-26(13-15-55)30-6-5-28(21-33(30)46)51-36-10-11-37(59)52-42(36)62/h4-9,20-23,25-26,36,51,53H,3,10-19,24H2,1-2H3,(H,52,59,62)/t36-/m1/s1. The zero-order valence-corrected chi connectivity index (χ0v) is 36.8. The van der Waals surface area contributed by atoms with Crippen LogP contribution in [0, 0.1) is 17.5 Å². The molecule has 3 aliphatic heterocycles. The maximum absolute atomic E-state index is 15.5. The minimum absolute atomic E-state index is 0.0147. The number of nitrogens with one attached hydrogen (secondary N) is 3. The number of imide groups is 1. The number of nitrogens with zero attached hydrogens (tertiary/aromatic N) is 8. The molecule has 0 radical (unpaired) electrons. The van der Waals surface area contributed by atoms with Crippen LogP contribution in [0.4, 0.5) is 30.5 Å². The van der Waals surface area contributed by atoms with E-state index in [1.807, 2.05) is 9.62 Å². The summed E-state index contributed by atoms with van der Waals surface area (Å²) >= 11 is 0. The summed E-state index contributed by atoms with van der Waals surface area (Å²) in [6.07, 6.45) is 6.04. The van der Waals surface area contributed by atoms with Crippen molar-refractivity contribution < 1.29 is 40.8 Å².